The standard InChI is InChI=1S/C14H16N2O/c1-17-14-12(11-7-10(11)8-15)6-9-4-2-3-5-13(9)16-14/h2-6,10-11H,7-8,15H2,1H3/t10-,11+/m0/s1. The van der Waals surface area contributed by atoms with Crippen LogP contribution in [-0.4, -0.2) is 18.6 Å². The van der Waals surface area contributed by atoms with Crippen LogP contribution in [-0.2, 0) is 0 Å². The first-order valence-corrected chi connectivity index (χ1v) is 5.97. The number of nitrogens with two attached hydrogens (primary N) is 1. The van der Waals surface area contributed by atoms with Gasteiger partial charge in [-0.1, -0.05) is 18.2 Å². The van der Waals surface area contributed by atoms with Crippen molar-refractivity contribution in [3.63, 3.8) is 0 Å². The Labute approximate surface area is 101 Å². The highest BCUT2D eigenvalue weighted by Gasteiger charge is 2.39. The van der Waals surface area contributed by atoms with E-state index >= 15 is 0 Å². The Kier molecular flexibility index (Phi) is 2.48. The monoisotopic (exact) mass is 228 g/mol. The summed E-state index contributed by atoms with van der Waals surface area (Å²) in [6.07, 6.45) is 1.16. The Morgan fingerprint density at radius 3 is 2.94 bits per heavy atom. The molecular formula is C14H16N2O. The number of pyridine rings is 1. The van der Waals surface area contributed by atoms with Gasteiger partial charge in [0.1, 0.15) is 0 Å². The minimum Gasteiger partial charge on any atom is -0.481 e. The molecular weight excluding hydrogens is 212 g/mol. The van der Waals surface area contributed by atoms with Crippen molar-refractivity contribution < 1.29 is 4.74 Å². The molecule has 0 unspecified atom stereocenters. The Morgan fingerprint density at radius 1 is 1.41 bits per heavy atom. The van der Waals surface area contributed by atoms with Gasteiger partial charge >= 0.3 is 0 Å². The van der Waals surface area contributed by atoms with Crippen LogP contribution in [0.1, 0.15) is 17.9 Å². The Morgan fingerprint density at radius 2 is 2.24 bits per heavy atom. The molecule has 1 aromatic heterocycles. The number of para-hydroxylation sites is 1. The van der Waals surface area contributed by atoms with Crippen molar-refractivity contribution >= 4 is 10.9 Å². The zero-order chi connectivity index (χ0) is 11.8. The van der Waals surface area contributed by atoms with Crippen molar-refractivity contribution in [3.05, 3.63) is 35.9 Å². The molecule has 3 rings (SSSR count). The second-order valence-corrected chi connectivity index (χ2v) is 4.62. The second-order valence-electron chi connectivity index (χ2n) is 4.62. The maximum absolute atomic E-state index is 5.70. The summed E-state index contributed by atoms with van der Waals surface area (Å²) in [6.45, 7) is 0.751. The van der Waals surface area contributed by atoms with E-state index < -0.39 is 0 Å². The van der Waals surface area contributed by atoms with Crippen molar-refractivity contribution in [1.82, 2.24) is 4.98 Å². The number of hydrogen-bond donors (Lipinski definition) is 1. The number of aromatic nitrogens is 1. The maximum atomic E-state index is 5.70. The van der Waals surface area contributed by atoms with E-state index in [1.165, 1.54) is 10.9 Å². The van der Waals surface area contributed by atoms with Crippen LogP contribution in [0.5, 0.6) is 5.88 Å². The van der Waals surface area contributed by atoms with Gasteiger partial charge < -0.3 is 10.5 Å². The number of ether oxygens (including phenoxy) is 1. The summed E-state index contributed by atoms with van der Waals surface area (Å²) < 4.78 is 5.40. The van der Waals surface area contributed by atoms with Crippen molar-refractivity contribution in [2.75, 3.05) is 13.7 Å². The molecule has 1 heterocycles. The van der Waals surface area contributed by atoms with Gasteiger partial charge in [0.25, 0.3) is 0 Å². The molecule has 3 heteroatoms. The molecule has 1 aliphatic rings. The molecule has 2 N–H and O–H groups in total. The van der Waals surface area contributed by atoms with Crippen LogP contribution < -0.4 is 10.5 Å². The summed E-state index contributed by atoms with van der Waals surface area (Å²) >= 11 is 0. The third-order valence-electron chi connectivity index (χ3n) is 3.53. The summed E-state index contributed by atoms with van der Waals surface area (Å²) in [4.78, 5) is 4.56. The molecule has 17 heavy (non-hydrogen) atoms. The fourth-order valence-electron chi connectivity index (χ4n) is 2.43. The molecule has 88 valence electrons. The van der Waals surface area contributed by atoms with Crippen LogP contribution in [0.3, 0.4) is 0 Å². The third-order valence-corrected chi connectivity index (χ3v) is 3.53. The third kappa shape index (κ3) is 1.76. The fourth-order valence-corrected chi connectivity index (χ4v) is 2.43. The zero-order valence-corrected chi connectivity index (χ0v) is 9.89. The molecule has 2 atom stereocenters. The molecule has 2 aromatic rings. The van der Waals surface area contributed by atoms with Gasteiger partial charge in [-0.3, -0.25) is 0 Å². The lowest BCUT2D eigenvalue weighted by Gasteiger charge is -2.08. The lowest BCUT2D eigenvalue weighted by molar-refractivity contribution is 0.394. The van der Waals surface area contributed by atoms with Gasteiger partial charge in [-0.25, -0.2) is 4.98 Å². The van der Waals surface area contributed by atoms with Gasteiger partial charge in [0.2, 0.25) is 5.88 Å². The van der Waals surface area contributed by atoms with Crippen LogP contribution in [0, 0.1) is 5.92 Å². The number of methoxy groups -OCH3 is 1. The quantitative estimate of drug-likeness (QED) is 0.877. The molecule has 1 aliphatic carbocycles. The zero-order valence-electron chi connectivity index (χ0n) is 9.89. The lowest BCUT2D eigenvalue weighted by atomic mass is 10.1. The van der Waals surface area contributed by atoms with Gasteiger partial charge in [-0.2, -0.15) is 0 Å². The highest BCUT2D eigenvalue weighted by atomic mass is 16.5. The predicted molar refractivity (Wildman–Crippen MR) is 68.2 cm³/mol. The molecule has 3 nitrogen and oxygen atoms in total. The van der Waals surface area contributed by atoms with E-state index in [0.717, 1.165) is 24.4 Å². The summed E-state index contributed by atoms with van der Waals surface area (Å²) in [6, 6.07) is 10.3. The van der Waals surface area contributed by atoms with Crippen LogP contribution >= 0.6 is 0 Å². The van der Waals surface area contributed by atoms with Gasteiger partial charge in [-0.15, -0.1) is 0 Å². The summed E-state index contributed by atoms with van der Waals surface area (Å²) in [5.41, 5.74) is 7.90. The average molecular weight is 228 g/mol. The minimum absolute atomic E-state index is 0.534. The Balaban J connectivity index is 2.10. The maximum Gasteiger partial charge on any atom is 0.217 e. The number of nitrogens with zero attached hydrogens (tertiary/aromatic N) is 1. The first kappa shape index (κ1) is 10.5. The van der Waals surface area contributed by atoms with Crippen LogP contribution in [0.4, 0.5) is 0 Å². The van der Waals surface area contributed by atoms with Crippen molar-refractivity contribution in [1.29, 1.82) is 0 Å². The van der Waals surface area contributed by atoms with E-state index in [1.807, 2.05) is 18.2 Å². The summed E-state index contributed by atoms with van der Waals surface area (Å²) in [5, 5.41) is 1.17. The smallest absolute Gasteiger partial charge is 0.217 e. The van der Waals surface area contributed by atoms with Crippen molar-refractivity contribution in [2.24, 2.45) is 11.7 Å². The van der Waals surface area contributed by atoms with Crippen LogP contribution in [0.25, 0.3) is 10.9 Å². The molecule has 0 saturated heterocycles. The van der Waals surface area contributed by atoms with E-state index in [-0.39, 0.29) is 0 Å². The van der Waals surface area contributed by atoms with E-state index in [2.05, 4.69) is 17.1 Å². The molecule has 0 aliphatic heterocycles. The van der Waals surface area contributed by atoms with Crippen molar-refractivity contribution in [2.45, 2.75) is 12.3 Å². The molecule has 0 amide bonds. The van der Waals surface area contributed by atoms with Crippen molar-refractivity contribution in [3.8, 4) is 5.88 Å². The molecule has 1 saturated carbocycles. The van der Waals surface area contributed by atoms with Gasteiger partial charge in [0, 0.05) is 10.9 Å². The molecule has 1 aromatic carbocycles. The van der Waals surface area contributed by atoms with Crippen LogP contribution in [0.2, 0.25) is 0 Å². The van der Waals surface area contributed by atoms with Crippen LogP contribution in [0.15, 0.2) is 30.3 Å². The first-order valence-electron chi connectivity index (χ1n) is 5.97. The second kappa shape index (κ2) is 4.00. The molecule has 0 spiro atoms. The topological polar surface area (TPSA) is 48.1 Å². The normalized spacial score (nSPS) is 22.7. The first-order chi connectivity index (χ1) is 8.33. The number of rotatable bonds is 3. The molecule has 1 fully saturated rings. The van der Waals surface area contributed by atoms with E-state index in [4.69, 9.17) is 10.5 Å². The van der Waals surface area contributed by atoms with Gasteiger partial charge in [0.05, 0.1) is 12.6 Å². The Hall–Kier alpha value is -1.61. The number of benzene rings is 1. The van der Waals surface area contributed by atoms with E-state index in [9.17, 15) is 0 Å². The summed E-state index contributed by atoms with van der Waals surface area (Å²) in [7, 11) is 1.68. The Bertz CT molecular complexity index is 553. The predicted octanol–water partition coefficient (Wildman–Crippen LogP) is 2.31. The number of fused-ring (bicyclic) bond motifs is 1. The number of hydrogen-bond acceptors (Lipinski definition) is 3. The molecule has 0 radical (unpaired) electrons. The van der Waals surface area contributed by atoms with E-state index in [1.54, 1.807) is 7.11 Å². The summed E-state index contributed by atoms with van der Waals surface area (Å²) in [5.74, 6) is 1.89. The largest absolute Gasteiger partial charge is 0.481 e. The van der Waals surface area contributed by atoms with Gasteiger partial charge in [-0.05, 0) is 36.9 Å². The van der Waals surface area contributed by atoms with E-state index in [0.29, 0.717) is 11.8 Å². The average Bonchev–Trinajstić information content (AvgIpc) is 3.16. The SMILES string of the molecule is COc1nc2ccccc2cc1[C@@H]1C[C@H]1CN. The lowest BCUT2D eigenvalue weighted by Crippen LogP contribution is -2.03. The molecule has 0 bridgehead atoms. The van der Waals surface area contributed by atoms with Gasteiger partial charge in [0.15, 0.2) is 0 Å². The fraction of sp³-hybridized carbons (Fsp3) is 0.357. The highest BCUT2D eigenvalue weighted by molar-refractivity contribution is 5.80. The minimum atomic E-state index is 0.534. The highest BCUT2D eigenvalue weighted by Crippen LogP contribution is 2.49.